The lowest BCUT2D eigenvalue weighted by molar-refractivity contribution is 0.410. The fraction of sp³-hybridized carbons (Fsp3) is 0.125. The van der Waals surface area contributed by atoms with Gasteiger partial charge in [0.05, 0.1) is 12.7 Å². The normalized spacial score (nSPS) is 9.50. The molecule has 0 heterocycles. The minimum atomic E-state index is -0.406. The van der Waals surface area contributed by atoms with Gasteiger partial charge in [-0.15, -0.1) is 0 Å². The van der Waals surface area contributed by atoms with Gasteiger partial charge in [0.1, 0.15) is 17.4 Å². The van der Waals surface area contributed by atoms with Gasteiger partial charge in [0.15, 0.2) is 0 Å². The van der Waals surface area contributed by atoms with Gasteiger partial charge in [-0.25, -0.2) is 4.39 Å². The van der Waals surface area contributed by atoms with E-state index in [2.05, 4.69) is 0 Å². The van der Waals surface area contributed by atoms with E-state index in [1.165, 1.54) is 25.3 Å². The fourth-order valence-electron chi connectivity index (χ4n) is 0.888. The third-order valence-electron chi connectivity index (χ3n) is 1.45. The van der Waals surface area contributed by atoms with Gasteiger partial charge in [-0.05, 0) is 12.1 Å². The number of hydrogen-bond acceptors (Lipinski definition) is 2. The minimum absolute atomic E-state index is 0.133. The minimum Gasteiger partial charge on any atom is -0.496 e. The Bertz CT molecular complexity index is 312. The van der Waals surface area contributed by atoms with E-state index in [0.717, 1.165) is 0 Å². The van der Waals surface area contributed by atoms with Crippen LogP contribution in [0.2, 0.25) is 0 Å². The Morgan fingerprint density at radius 1 is 1.58 bits per heavy atom. The molecule has 0 saturated heterocycles. The molecule has 0 fully saturated rings. The molecule has 0 amide bonds. The smallest absolute Gasteiger partial charge is 0.132 e. The summed E-state index contributed by atoms with van der Waals surface area (Å²) in [5.74, 6) is -0.258. The number of amidine groups is 1. The second-order valence-corrected chi connectivity index (χ2v) is 2.26. The lowest BCUT2D eigenvalue weighted by Gasteiger charge is -2.05. The molecule has 12 heavy (non-hydrogen) atoms. The zero-order valence-corrected chi connectivity index (χ0v) is 6.60. The molecule has 3 nitrogen and oxygen atoms in total. The van der Waals surface area contributed by atoms with E-state index in [1.54, 1.807) is 0 Å². The monoisotopic (exact) mass is 168 g/mol. The van der Waals surface area contributed by atoms with Crippen molar-refractivity contribution in [3.05, 3.63) is 29.6 Å². The first-order valence-electron chi connectivity index (χ1n) is 3.33. The molecular formula is C8H9FN2O. The van der Waals surface area contributed by atoms with E-state index in [-0.39, 0.29) is 11.6 Å². The summed E-state index contributed by atoms with van der Waals surface area (Å²) in [5, 5.41) is 7.13. The molecule has 0 atom stereocenters. The zero-order chi connectivity index (χ0) is 9.14. The van der Waals surface area contributed by atoms with Crippen LogP contribution in [-0.4, -0.2) is 12.9 Å². The Kier molecular flexibility index (Phi) is 2.28. The number of nitrogens with two attached hydrogens (primary N) is 1. The largest absolute Gasteiger partial charge is 0.496 e. The fourth-order valence-corrected chi connectivity index (χ4v) is 0.888. The Hall–Kier alpha value is -1.58. The molecule has 0 unspecified atom stereocenters. The van der Waals surface area contributed by atoms with E-state index in [9.17, 15) is 4.39 Å². The van der Waals surface area contributed by atoms with Crippen molar-refractivity contribution in [1.82, 2.24) is 0 Å². The topological polar surface area (TPSA) is 59.1 Å². The van der Waals surface area contributed by atoms with Gasteiger partial charge in [0, 0.05) is 6.07 Å². The zero-order valence-electron chi connectivity index (χ0n) is 6.60. The van der Waals surface area contributed by atoms with Crippen LogP contribution < -0.4 is 10.5 Å². The van der Waals surface area contributed by atoms with Crippen molar-refractivity contribution in [2.45, 2.75) is 0 Å². The van der Waals surface area contributed by atoms with E-state index in [4.69, 9.17) is 15.9 Å². The summed E-state index contributed by atoms with van der Waals surface area (Å²) in [7, 11) is 1.40. The van der Waals surface area contributed by atoms with E-state index in [0.29, 0.717) is 5.56 Å². The molecule has 0 aliphatic rings. The Morgan fingerprint density at radius 2 is 2.25 bits per heavy atom. The number of benzene rings is 1. The predicted molar refractivity (Wildman–Crippen MR) is 44.0 cm³/mol. The van der Waals surface area contributed by atoms with Crippen LogP contribution in [0.5, 0.6) is 5.75 Å². The summed E-state index contributed by atoms with van der Waals surface area (Å²) in [6.07, 6.45) is 0. The standard InChI is InChI=1S/C8H9FN2O/c1-12-7-4-5(9)2-3-6(7)8(10)11/h2-4H,1H3,(H3,10,11). The van der Waals surface area contributed by atoms with E-state index in [1.807, 2.05) is 0 Å². The predicted octanol–water partition coefficient (Wildman–Crippen LogP) is 1.12. The van der Waals surface area contributed by atoms with Crippen molar-refractivity contribution in [3.8, 4) is 5.75 Å². The molecule has 4 heteroatoms. The number of nitrogen functional groups attached to an aromatic ring is 1. The molecule has 0 spiro atoms. The summed E-state index contributed by atoms with van der Waals surface area (Å²) >= 11 is 0. The van der Waals surface area contributed by atoms with Crippen LogP contribution in [0.1, 0.15) is 5.56 Å². The summed E-state index contributed by atoms with van der Waals surface area (Å²) in [5.41, 5.74) is 5.62. The molecule has 0 bridgehead atoms. The highest BCUT2D eigenvalue weighted by Crippen LogP contribution is 2.18. The average molecular weight is 168 g/mol. The van der Waals surface area contributed by atoms with Crippen LogP contribution in [-0.2, 0) is 0 Å². The van der Waals surface area contributed by atoms with Crippen molar-refractivity contribution in [2.24, 2.45) is 5.73 Å². The number of ether oxygens (including phenoxy) is 1. The molecule has 64 valence electrons. The molecular weight excluding hydrogens is 159 g/mol. The van der Waals surface area contributed by atoms with Crippen molar-refractivity contribution in [1.29, 1.82) is 5.41 Å². The molecule has 0 radical (unpaired) electrons. The van der Waals surface area contributed by atoms with Crippen molar-refractivity contribution >= 4 is 5.84 Å². The van der Waals surface area contributed by atoms with Crippen molar-refractivity contribution in [2.75, 3.05) is 7.11 Å². The Labute approximate surface area is 69.5 Å². The first-order chi connectivity index (χ1) is 5.65. The molecule has 0 aliphatic carbocycles. The first-order valence-corrected chi connectivity index (χ1v) is 3.33. The third-order valence-corrected chi connectivity index (χ3v) is 1.45. The number of halogens is 1. The Morgan fingerprint density at radius 3 is 2.75 bits per heavy atom. The first kappa shape index (κ1) is 8.52. The van der Waals surface area contributed by atoms with Crippen LogP contribution >= 0.6 is 0 Å². The van der Waals surface area contributed by atoms with Crippen LogP contribution in [0.25, 0.3) is 0 Å². The molecule has 1 rings (SSSR count). The van der Waals surface area contributed by atoms with Crippen molar-refractivity contribution in [3.63, 3.8) is 0 Å². The van der Waals surface area contributed by atoms with Gasteiger partial charge in [-0.3, -0.25) is 5.41 Å². The third kappa shape index (κ3) is 1.53. The van der Waals surface area contributed by atoms with Gasteiger partial charge in [0.2, 0.25) is 0 Å². The number of nitrogens with one attached hydrogen (secondary N) is 1. The second kappa shape index (κ2) is 3.21. The SMILES string of the molecule is COc1cc(F)ccc1C(=N)N. The van der Waals surface area contributed by atoms with E-state index >= 15 is 0 Å². The van der Waals surface area contributed by atoms with Crippen molar-refractivity contribution < 1.29 is 9.13 Å². The summed E-state index contributed by atoms with van der Waals surface area (Å²) in [6.45, 7) is 0. The van der Waals surface area contributed by atoms with Gasteiger partial charge in [0.25, 0.3) is 0 Å². The van der Waals surface area contributed by atoms with Crippen LogP contribution in [0.3, 0.4) is 0 Å². The second-order valence-electron chi connectivity index (χ2n) is 2.26. The number of rotatable bonds is 2. The highest BCUT2D eigenvalue weighted by molar-refractivity contribution is 5.97. The van der Waals surface area contributed by atoms with Gasteiger partial charge in [-0.1, -0.05) is 0 Å². The van der Waals surface area contributed by atoms with Crippen LogP contribution in [0.15, 0.2) is 18.2 Å². The summed E-state index contributed by atoms with van der Waals surface area (Å²) in [6, 6.07) is 3.84. The highest BCUT2D eigenvalue weighted by Gasteiger charge is 2.05. The molecule has 1 aromatic carbocycles. The maximum absolute atomic E-state index is 12.6. The lowest BCUT2D eigenvalue weighted by Crippen LogP contribution is -2.12. The van der Waals surface area contributed by atoms with Gasteiger partial charge in [-0.2, -0.15) is 0 Å². The molecule has 0 aliphatic heterocycles. The molecule has 0 saturated carbocycles. The number of hydrogen-bond donors (Lipinski definition) is 2. The average Bonchev–Trinajstić information content (AvgIpc) is 2.03. The molecule has 1 aromatic rings. The van der Waals surface area contributed by atoms with Gasteiger partial charge < -0.3 is 10.5 Å². The molecule has 3 N–H and O–H groups in total. The Balaban J connectivity index is 3.20. The maximum atomic E-state index is 12.6. The van der Waals surface area contributed by atoms with Crippen LogP contribution in [0, 0.1) is 11.2 Å². The maximum Gasteiger partial charge on any atom is 0.132 e. The molecule has 0 aromatic heterocycles. The quantitative estimate of drug-likeness (QED) is 0.513. The summed E-state index contributed by atoms with van der Waals surface area (Å²) in [4.78, 5) is 0. The van der Waals surface area contributed by atoms with Gasteiger partial charge >= 0.3 is 0 Å². The van der Waals surface area contributed by atoms with E-state index < -0.39 is 5.82 Å². The number of methoxy groups -OCH3 is 1. The van der Waals surface area contributed by atoms with Crippen LogP contribution in [0.4, 0.5) is 4.39 Å². The highest BCUT2D eigenvalue weighted by atomic mass is 19.1. The lowest BCUT2D eigenvalue weighted by atomic mass is 10.2. The summed E-state index contributed by atoms with van der Waals surface area (Å²) < 4.78 is 17.4.